The number of ether oxygens (including phenoxy) is 3. The first kappa shape index (κ1) is 21.3. The number of fused-ring (bicyclic) bond motifs is 1. The number of aromatic nitrogens is 3. The molecular weight excluding hydrogens is 420 g/mol. The summed E-state index contributed by atoms with van der Waals surface area (Å²) in [5.41, 5.74) is 2.43. The fraction of sp³-hybridized carbons (Fsp3) is 0.400. The second kappa shape index (κ2) is 9.13. The number of rotatable bonds is 7. The van der Waals surface area contributed by atoms with Crippen molar-refractivity contribution in [3.05, 3.63) is 42.5 Å². The summed E-state index contributed by atoms with van der Waals surface area (Å²) in [6, 6.07) is 13.6. The van der Waals surface area contributed by atoms with E-state index in [1.54, 1.807) is 4.68 Å². The molecule has 2 aliphatic rings. The number of nitrogens with zero attached hydrogens (tertiary/aromatic N) is 3. The van der Waals surface area contributed by atoms with Crippen molar-refractivity contribution < 1.29 is 19.0 Å². The highest BCUT2D eigenvalue weighted by atomic mass is 16.7. The molecule has 5 rings (SSSR count). The van der Waals surface area contributed by atoms with Gasteiger partial charge in [0.25, 0.3) is 0 Å². The van der Waals surface area contributed by atoms with Gasteiger partial charge in [0, 0.05) is 17.2 Å². The van der Waals surface area contributed by atoms with Crippen LogP contribution >= 0.6 is 0 Å². The Labute approximate surface area is 192 Å². The molecule has 1 aliphatic carbocycles. The molecule has 2 aromatic carbocycles. The molecule has 0 saturated heterocycles. The molecule has 0 radical (unpaired) electrons. The van der Waals surface area contributed by atoms with E-state index in [1.807, 2.05) is 42.5 Å². The first-order valence-electron chi connectivity index (χ1n) is 11.5. The molecule has 8 heteroatoms. The Balaban J connectivity index is 1.42. The lowest BCUT2D eigenvalue weighted by atomic mass is 10.1. The average molecular weight is 449 g/mol. The Morgan fingerprint density at radius 3 is 2.64 bits per heavy atom. The number of amides is 1. The van der Waals surface area contributed by atoms with Crippen LogP contribution in [0.25, 0.3) is 17.1 Å². The highest BCUT2D eigenvalue weighted by Gasteiger charge is 2.23. The molecule has 0 atom stereocenters. The fourth-order valence-corrected chi connectivity index (χ4v) is 4.12. The van der Waals surface area contributed by atoms with Gasteiger partial charge in [0.2, 0.25) is 12.7 Å². The summed E-state index contributed by atoms with van der Waals surface area (Å²) >= 11 is 0. The summed E-state index contributed by atoms with van der Waals surface area (Å²) in [5.74, 6) is 2.60. The molecule has 3 aromatic rings. The molecule has 1 amide bonds. The maximum Gasteiger partial charge on any atom is 0.336 e. The van der Waals surface area contributed by atoms with Gasteiger partial charge >= 0.3 is 6.01 Å². The Bertz CT molecular complexity index is 1130. The molecule has 1 N–H and O–H groups in total. The molecule has 33 heavy (non-hydrogen) atoms. The van der Waals surface area contributed by atoms with Gasteiger partial charge in [0.1, 0.15) is 0 Å². The quantitative estimate of drug-likeness (QED) is 0.557. The van der Waals surface area contributed by atoms with Gasteiger partial charge in [-0.2, -0.15) is 4.98 Å². The normalized spacial score (nSPS) is 15.2. The van der Waals surface area contributed by atoms with Crippen LogP contribution in [0.5, 0.6) is 17.5 Å². The van der Waals surface area contributed by atoms with Crippen LogP contribution in [0.2, 0.25) is 0 Å². The maximum atomic E-state index is 12.5. The summed E-state index contributed by atoms with van der Waals surface area (Å²) in [4.78, 5) is 17.1. The molecular formula is C25H28N4O4. The Morgan fingerprint density at radius 2 is 1.88 bits per heavy atom. The van der Waals surface area contributed by atoms with Crippen molar-refractivity contribution in [2.75, 3.05) is 18.7 Å². The first-order chi connectivity index (χ1) is 16.1. The monoisotopic (exact) mass is 448 g/mol. The van der Waals surface area contributed by atoms with Crippen LogP contribution in [-0.2, 0) is 4.79 Å². The van der Waals surface area contributed by atoms with Crippen molar-refractivity contribution in [3.63, 3.8) is 0 Å². The van der Waals surface area contributed by atoms with Crippen LogP contribution in [0.15, 0.2) is 42.5 Å². The Kier molecular flexibility index (Phi) is 5.90. The molecule has 1 saturated carbocycles. The van der Waals surface area contributed by atoms with Crippen molar-refractivity contribution >= 4 is 11.6 Å². The molecule has 8 nitrogen and oxygen atoms in total. The average Bonchev–Trinajstić information content (AvgIpc) is 3.58. The van der Waals surface area contributed by atoms with Gasteiger partial charge in [-0.15, -0.1) is 5.10 Å². The topological polar surface area (TPSA) is 87.5 Å². The van der Waals surface area contributed by atoms with Crippen molar-refractivity contribution in [1.82, 2.24) is 14.8 Å². The van der Waals surface area contributed by atoms with Crippen molar-refractivity contribution in [2.24, 2.45) is 11.8 Å². The number of carbonyl (C=O) groups is 1. The van der Waals surface area contributed by atoms with Crippen molar-refractivity contribution in [3.8, 4) is 34.6 Å². The van der Waals surface area contributed by atoms with E-state index in [2.05, 4.69) is 29.2 Å². The van der Waals surface area contributed by atoms with E-state index in [4.69, 9.17) is 14.2 Å². The van der Waals surface area contributed by atoms with Gasteiger partial charge < -0.3 is 19.5 Å². The van der Waals surface area contributed by atoms with Crippen molar-refractivity contribution in [2.45, 2.75) is 39.5 Å². The van der Waals surface area contributed by atoms with E-state index >= 15 is 0 Å². The third-order valence-corrected chi connectivity index (χ3v) is 5.87. The van der Waals surface area contributed by atoms with Crippen LogP contribution in [0.1, 0.15) is 39.5 Å². The number of nitrogens with one attached hydrogen (secondary N) is 1. The van der Waals surface area contributed by atoms with E-state index < -0.39 is 0 Å². The number of anilines is 1. The zero-order chi connectivity index (χ0) is 22.8. The first-order valence-corrected chi connectivity index (χ1v) is 11.5. The van der Waals surface area contributed by atoms with E-state index in [9.17, 15) is 4.79 Å². The number of hydrogen-bond acceptors (Lipinski definition) is 6. The van der Waals surface area contributed by atoms with E-state index in [0.29, 0.717) is 35.9 Å². The second-order valence-corrected chi connectivity index (χ2v) is 8.92. The SMILES string of the molecule is CC(C)COc1nc(-c2ccc3c(c2)OCO3)n(-c2ccc(NC(=O)C3CCCC3)cc2)n1. The van der Waals surface area contributed by atoms with Crippen LogP contribution in [0.3, 0.4) is 0 Å². The Hall–Kier alpha value is -3.55. The fourth-order valence-electron chi connectivity index (χ4n) is 4.12. The van der Waals surface area contributed by atoms with Gasteiger partial charge in [0.05, 0.1) is 12.3 Å². The molecule has 172 valence electrons. The minimum atomic E-state index is 0.103. The summed E-state index contributed by atoms with van der Waals surface area (Å²) in [5, 5.41) is 7.64. The maximum absolute atomic E-state index is 12.5. The molecule has 0 unspecified atom stereocenters. The molecule has 0 bridgehead atoms. The van der Waals surface area contributed by atoms with Crippen LogP contribution in [0, 0.1) is 11.8 Å². The van der Waals surface area contributed by atoms with Gasteiger partial charge in [0.15, 0.2) is 17.3 Å². The summed E-state index contributed by atoms with van der Waals surface area (Å²) in [6.45, 7) is 4.89. The van der Waals surface area contributed by atoms with Gasteiger partial charge in [-0.05, 0) is 61.2 Å². The second-order valence-electron chi connectivity index (χ2n) is 8.92. The number of hydrogen-bond donors (Lipinski definition) is 1. The Morgan fingerprint density at radius 1 is 1.12 bits per heavy atom. The molecule has 1 aromatic heterocycles. The summed E-state index contributed by atoms with van der Waals surface area (Å²) < 4.78 is 18.5. The summed E-state index contributed by atoms with van der Waals surface area (Å²) in [7, 11) is 0. The van der Waals surface area contributed by atoms with Gasteiger partial charge in [-0.25, -0.2) is 4.68 Å². The standard InChI is InChI=1S/C25H28N4O4/c1-16(2)14-31-25-27-23(18-7-12-21-22(13-18)33-15-32-21)29(28-25)20-10-8-19(9-11-20)26-24(30)17-5-3-4-6-17/h7-13,16-17H,3-6,14-15H2,1-2H3,(H,26,30). The van der Waals surface area contributed by atoms with Crippen LogP contribution < -0.4 is 19.5 Å². The minimum Gasteiger partial charge on any atom is -0.462 e. The molecule has 1 aliphatic heterocycles. The van der Waals surface area contributed by atoms with E-state index in [1.165, 1.54) is 0 Å². The third kappa shape index (κ3) is 4.65. The van der Waals surface area contributed by atoms with E-state index in [-0.39, 0.29) is 18.6 Å². The predicted octanol–water partition coefficient (Wildman–Crippen LogP) is 4.83. The highest BCUT2D eigenvalue weighted by molar-refractivity contribution is 5.92. The molecule has 2 heterocycles. The lowest BCUT2D eigenvalue weighted by molar-refractivity contribution is -0.119. The zero-order valence-electron chi connectivity index (χ0n) is 18.9. The smallest absolute Gasteiger partial charge is 0.336 e. The summed E-state index contributed by atoms with van der Waals surface area (Å²) in [6.07, 6.45) is 4.21. The predicted molar refractivity (Wildman–Crippen MR) is 124 cm³/mol. The lowest BCUT2D eigenvalue weighted by Crippen LogP contribution is -2.20. The lowest BCUT2D eigenvalue weighted by Gasteiger charge is -2.11. The van der Waals surface area contributed by atoms with Crippen LogP contribution in [-0.4, -0.2) is 34.1 Å². The number of benzene rings is 2. The molecule has 1 fully saturated rings. The molecule has 0 spiro atoms. The zero-order valence-corrected chi connectivity index (χ0v) is 18.9. The van der Waals surface area contributed by atoms with Gasteiger partial charge in [-0.3, -0.25) is 4.79 Å². The number of carbonyl (C=O) groups excluding carboxylic acids is 1. The van der Waals surface area contributed by atoms with E-state index in [0.717, 1.165) is 42.6 Å². The highest BCUT2D eigenvalue weighted by Crippen LogP contribution is 2.36. The van der Waals surface area contributed by atoms with Crippen LogP contribution in [0.4, 0.5) is 5.69 Å². The van der Waals surface area contributed by atoms with Gasteiger partial charge in [-0.1, -0.05) is 26.7 Å². The third-order valence-electron chi connectivity index (χ3n) is 5.87. The minimum absolute atomic E-state index is 0.103. The van der Waals surface area contributed by atoms with Crippen molar-refractivity contribution in [1.29, 1.82) is 0 Å². The largest absolute Gasteiger partial charge is 0.462 e.